The lowest BCUT2D eigenvalue weighted by Crippen LogP contribution is -2.36. The monoisotopic (exact) mass is 366 g/mol. The van der Waals surface area contributed by atoms with Crippen LogP contribution in [-0.2, 0) is 9.53 Å². The predicted molar refractivity (Wildman–Crippen MR) is 92.6 cm³/mol. The number of cyclic esters (lactones) is 1. The first-order chi connectivity index (χ1) is 10.5. The van der Waals surface area contributed by atoms with Crippen LogP contribution in [0, 0.1) is 23.2 Å². The first-order valence-corrected chi connectivity index (χ1v) is 9.55. The van der Waals surface area contributed by atoms with Gasteiger partial charge in [-0.05, 0) is 66.7 Å². The Balaban J connectivity index is 1.69. The average molecular weight is 367 g/mol. The Labute approximate surface area is 142 Å². The van der Waals surface area contributed by atoms with Crippen molar-refractivity contribution in [1.29, 1.82) is 0 Å². The molecule has 2 saturated carbocycles. The molecular formula is C19H27BrO2. The van der Waals surface area contributed by atoms with Gasteiger partial charge in [0.25, 0.3) is 0 Å². The number of allylic oxidation sites excluding steroid dienone is 1. The molecule has 122 valence electrons. The zero-order valence-electron chi connectivity index (χ0n) is 13.7. The van der Waals surface area contributed by atoms with E-state index < -0.39 is 0 Å². The number of rotatable bonds is 3. The second kappa shape index (κ2) is 6.14. The van der Waals surface area contributed by atoms with Gasteiger partial charge in [0, 0.05) is 12.0 Å². The Morgan fingerprint density at radius 1 is 1.50 bits per heavy atom. The summed E-state index contributed by atoms with van der Waals surface area (Å²) in [6, 6.07) is 0. The van der Waals surface area contributed by atoms with E-state index in [1.54, 1.807) is 5.57 Å². The lowest BCUT2D eigenvalue weighted by molar-refractivity contribution is -0.139. The summed E-state index contributed by atoms with van der Waals surface area (Å²) in [7, 11) is 0. The molecule has 3 aliphatic rings. The Kier molecular flexibility index (Phi) is 4.55. The molecule has 0 bridgehead atoms. The highest BCUT2D eigenvalue weighted by Crippen LogP contribution is 2.60. The third-order valence-corrected chi connectivity index (χ3v) is 7.12. The van der Waals surface area contributed by atoms with E-state index in [1.807, 2.05) is 0 Å². The first-order valence-electron chi connectivity index (χ1n) is 8.63. The molecule has 0 amide bonds. The minimum absolute atomic E-state index is 0.0624. The molecule has 5 atom stereocenters. The predicted octanol–water partition coefficient (Wildman–Crippen LogP) is 5.38. The topological polar surface area (TPSA) is 26.3 Å². The third-order valence-electron chi connectivity index (χ3n) is 6.54. The molecule has 22 heavy (non-hydrogen) atoms. The number of esters is 1. The van der Waals surface area contributed by atoms with Gasteiger partial charge in [-0.15, -0.1) is 0 Å². The number of fused-ring (bicyclic) bond motifs is 1. The fourth-order valence-corrected chi connectivity index (χ4v) is 6.04. The van der Waals surface area contributed by atoms with Crippen molar-refractivity contribution < 1.29 is 9.53 Å². The lowest BCUT2D eigenvalue weighted by Gasteiger charge is -2.44. The van der Waals surface area contributed by atoms with Crippen molar-refractivity contribution in [2.75, 3.05) is 0 Å². The Morgan fingerprint density at radius 3 is 2.91 bits per heavy atom. The highest BCUT2D eigenvalue weighted by molar-refractivity contribution is 9.11. The van der Waals surface area contributed by atoms with E-state index in [9.17, 15) is 4.79 Å². The minimum atomic E-state index is -0.185. The minimum Gasteiger partial charge on any atom is -0.459 e. The van der Waals surface area contributed by atoms with E-state index >= 15 is 0 Å². The summed E-state index contributed by atoms with van der Waals surface area (Å²) < 4.78 is 5.46. The van der Waals surface area contributed by atoms with E-state index in [2.05, 4.69) is 41.3 Å². The Morgan fingerprint density at radius 2 is 2.27 bits per heavy atom. The first kappa shape index (κ1) is 16.3. The fraction of sp³-hybridized carbons (Fsp3) is 0.737. The maximum absolute atomic E-state index is 11.5. The van der Waals surface area contributed by atoms with Crippen LogP contribution < -0.4 is 0 Å². The summed E-state index contributed by atoms with van der Waals surface area (Å²) in [5, 5.41) is 0. The molecule has 0 aromatic rings. The van der Waals surface area contributed by atoms with Crippen molar-refractivity contribution in [3.05, 3.63) is 22.7 Å². The molecular weight excluding hydrogens is 340 g/mol. The highest BCUT2D eigenvalue weighted by atomic mass is 79.9. The summed E-state index contributed by atoms with van der Waals surface area (Å²) in [4.78, 5) is 13.7. The van der Waals surface area contributed by atoms with Crippen LogP contribution in [0.5, 0.6) is 0 Å². The quantitative estimate of drug-likeness (QED) is 0.495. The number of ether oxygens (including phenoxy) is 1. The van der Waals surface area contributed by atoms with E-state index in [1.165, 1.54) is 32.1 Å². The summed E-state index contributed by atoms with van der Waals surface area (Å²) >= 11 is 3.58. The Bertz CT molecular complexity index is 494. The second-order valence-corrected chi connectivity index (χ2v) is 8.29. The maximum Gasteiger partial charge on any atom is 0.333 e. The van der Waals surface area contributed by atoms with Crippen molar-refractivity contribution in [1.82, 2.24) is 0 Å². The molecule has 2 nitrogen and oxygen atoms in total. The highest BCUT2D eigenvalue weighted by Gasteiger charge is 2.51. The van der Waals surface area contributed by atoms with Gasteiger partial charge in [-0.2, -0.15) is 0 Å². The van der Waals surface area contributed by atoms with Gasteiger partial charge in [0.05, 0.1) is 0 Å². The van der Waals surface area contributed by atoms with E-state index in [0.29, 0.717) is 16.9 Å². The van der Waals surface area contributed by atoms with Gasteiger partial charge in [-0.25, -0.2) is 4.79 Å². The lowest BCUT2D eigenvalue weighted by atomic mass is 9.61. The summed E-state index contributed by atoms with van der Waals surface area (Å²) in [6.07, 6.45) is 8.32. The van der Waals surface area contributed by atoms with E-state index in [-0.39, 0.29) is 12.1 Å². The van der Waals surface area contributed by atoms with Gasteiger partial charge in [-0.1, -0.05) is 41.9 Å². The molecule has 0 radical (unpaired) electrons. The number of halogens is 1. The molecule has 3 fully saturated rings. The summed E-state index contributed by atoms with van der Waals surface area (Å²) in [5.74, 6) is 1.91. The largest absolute Gasteiger partial charge is 0.459 e. The molecule has 2 aliphatic carbocycles. The normalized spacial score (nSPS) is 41.6. The standard InChI is InChI=1S/C19H27BrO2/c1-12(9-15-10-13(2)18(21)22-15)16-6-7-17-14(11-20)5-4-8-19(16,17)3/h11-12,15-17H,2,4-10H2,1,3H3/b14-11+/t12-,15?,16-,17+,19-/m1/s1. The summed E-state index contributed by atoms with van der Waals surface area (Å²) in [6.45, 7) is 8.66. The van der Waals surface area contributed by atoms with Crippen LogP contribution in [0.1, 0.15) is 58.8 Å². The molecule has 0 aromatic heterocycles. The van der Waals surface area contributed by atoms with Crippen molar-refractivity contribution in [3.63, 3.8) is 0 Å². The summed E-state index contributed by atoms with van der Waals surface area (Å²) in [5.41, 5.74) is 2.69. The maximum atomic E-state index is 11.5. The van der Waals surface area contributed by atoms with Crippen LogP contribution in [-0.4, -0.2) is 12.1 Å². The van der Waals surface area contributed by atoms with Gasteiger partial charge in [-0.3, -0.25) is 0 Å². The average Bonchev–Trinajstić information content (AvgIpc) is 2.98. The number of hydrogen-bond acceptors (Lipinski definition) is 2. The molecule has 1 saturated heterocycles. The number of carbonyl (C=O) groups excluding carboxylic acids is 1. The van der Waals surface area contributed by atoms with Gasteiger partial charge in [0.1, 0.15) is 6.10 Å². The van der Waals surface area contributed by atoms with Crippen LogP contribution in [0.2, 0.25) is 0 Å². The fourth-order valence-electron chi connectivity index (χ4n) is 5.49. The number of hydrogen-bond donors (Lipinski definition) is 0. The van der Waals surface area contributed by atoms with Crippen LogP contribution in [0.3, 0.4) is 0 Å². The number of carbonyl (C=O) groups is 1. The molecule has 3 rings (SSSR count). The molecule has 0 aromatic carbocycles. The molecule has 1 unspecified atom stereocenters. The third kappa shape index (κ3) is 2.70. The van der Waals surface area contributed by atoms with Crippen LogP contribution in [0.4, 0.5) is 0 Å². The zero-order chi connectivity index (χ0) is 15.9. The smallest absolute Gasteiger partial charge is 0.333 e. The molecule has 0 N–H and O–H groups in total. The van der Waals surface area contributed by atoms with Gasteiger partial charge in [0.2, 0.25) is 0 Å². The molecule has 1 aliphatic heterocycles. The molecule has 3 heteroatoms. The van der Waals surface area contributed by atoms with Crippen molar-refractivity contribution >= 4 is 21.9 Å². The molecule has 1 heterocycles. The van der Waals surface area contributed by atoms with Crippen LogP contribution >= 0.6 is 15.9 Å². The van der Waals surface area contributed by atoms with Gasteiger partial charge in [0.15, 0.2) is 0 Å². The van der Waals surface area contributed by atoms with E-state index in [4.69, 9.17) is 4.74 Å². The van der Waals surface area contributed by atoms with Crippen LogP contribution in [0.25, 0.3) is 0 Å². The van der Waals surface area contributed by atoms with Gasteiger partial charge < -0.3 is 4.74 Å². The Hall–Kier alpha value is -0.570. The van der Waals surface area contributed by atoms with Crippen molar-refractivity contribution in [2.45, 2.75) is 64.9 Å². The van der Waals surface area contributed by atoms with Crippen LogP contribution in [0.15, 0.2) is 22.7 Å². The van der Waals surface area contributed by atoms with Crippen molar-refractivity contribution in [3.8, 4) is 0 Å². The molecule has 0 spiro atoms. The zero-order valence-corrected chi connectivity index (χ0v) is 15.3. The SMILES string of the molecule is C=C1CC(C[C@@H](C)[C@H]2CC[C@H]3/C(=C/Br)CCC[C@]23C)OC1=O. The van der Waals surface area contributed by atoms with Gasteiger partial charge >= 0.3 is 5.97 Å². The second-order valence-electron chi connectivity index (χ2n) is 7.83. The van der Waals surface area contributed by atoms with Crippen molar-refractivity contribution in [2.24, 2.45) is 23.2 Å². The van der Waals surface area contributed by atoms with E-state index in [0.717, 1.165) is 24.7 Å².